The molecule has 0 unspecified atom stereocenters. The smallest absolute Gasteiger partial charge is 0.336 e. The second kappa shape index (κ2) is 11.4. The standard InChI is InChI=1S/C28H30N4O3/c1-20(2)17-35-28-30-27(23-11-9-21(3)10-12-23)32(31-28)25-15-13-24(14-16-25)29-26(33)19-34-18-22-7-5-4-6-8-22/h4-16,20H,17-19H2,1-3H3,(H,29,33). The Bertz CT molecular complexity index is 1230. The molecule has 3 aromatic carbocycles. The summed E-state index contributed by atoms with van der Waals surface area (Å²) in [7, 11) is 0. The summed E-state index contributed by atoms with van der Waals surface area (Å²) in [6, 6.07) is 25.7. The fraction of sp³-hybridized carbons (Fsp3) is 0.250. The van der Waals surface area contributed by atoms with Crippen LogP contribution in [0.3, 0.4) is 0 Å². The molecule has 4 aromatic rings. The van der Waals surface area contributed by atoms with Gasteiger partial charge in [0.15, 0.2) is 5.82 Å². The molecule has 7 heteroatoms. The Hall–Kier alpha value is -3.97. The van der Waals surface area contributed by atoms with Crippen molar-refractivity contribution >= 4 is 11.6 Å². The predicted octanol–water partition coefficient (Wildman–Crippen LogP) is 5.43. The van der Waals surface area contributed by atoms with Gasteiger partial charge in [-0.05, 0) is 42.7 Å². The number of nitrogens with one attached hydrogen (secondary N) is 1. The summed E-state index contributed by atoms with van der Waals surface area (Å²) in [5, 5.41) is 7.45. The summed E-state index contributed by atoms with van der Waals surface area (Å²) in [5.41, 5.74) is 4.62. The Morgan fingerprint density at radius 2 is 1.69 bits per heavy atom. The van der Waals surface area contributed by atoms with Crippen molar-refractivity contribution < 1.29 is 14.3 Å². The molecule has 1 N–H and O–H groups in total. The third kappa shape index (κ3) is 6.77. The average Bonchev–Trinajstić information content (AvgIpc) is 3.29. The summed E-state index contributed by atoms with van der Waals surface area (Å²) in [6.07, 6.45) is 0. The summed E-state index contributed by atoms with van der Waals surface area (Å²) in [4.78, 5) is 16.9. The van der Waals surface area contributed by atoms with Crippen molar-refractivity contribution in [1.29, 1.82) is 0 Å². The van der Waals surface area contributed by atoms with Gasteiger partial charge in [-0.15, -0.1) is 5.10 Å². The quantitative estimate of drug-likeness (QED) is 0.334. The van der Waals surface area contributed by atoms with Gasteiger partial charge in [0, 0.05) is 11.3 Å². The van der Waals surface area contributed by atoms with Crippen LogP contribution in [0.25, 0.3) is 17.1 Å². The van der Waals surface area contributed by atoms with E-state index in [0.717, 1.165) is 16.8 Å². The Balaban J connectivity index is 1.45. The molecule has 180 valence electrons. The first kappa shape index (κ1) is 24.2. The van der Waals surface area contributed by atoms with E-state index in [2.05, 4.69) is 29.2 Å². The van der Waals surface area contributed by atoms with Crippen molar-refractivity contribution in [3.63, 3.8) is 0 Å². The Labute approximate surface area is 205 Å². The van der Waals surface area contributed by atoms with Crippen molar-refractivity contribution in [1.82, 2.24) is 14.8 Å². The number of hydrogen-bond acceptors (Lipinski definition) is 5. The number of hydrogen-bond donors (Lipinski definition) is 1. The summed E-state index contributed by atoms with van der Waals surface area (Å²) in [5.74, 6) is 0.846. The number of anilines is 1. The van der Waals surface area contributed by atoms with E-state index >= 15 is 0 Å². The van der Waals surface area contributed by atoms with Crippen LogP contribution < -0.4 is 10.1 Å². The number of rotatable bonds is 10. The number of carbonyl (C=O) groups is 1. The minimum atomic E-state index is -0.209. The summed E-state index contributed by atoms with van der Waals surface area (Å²) in [6.45, 7) is 7.12. The van der Waals surface area contributed by atoms with Crippen LogP contribution >= 0.6 is 0 Å². The fourth-order valence-electron chi connectivity index (χ4n) is 3.38. The zero-order chi connectivity index (χ0) is 24.6. The topological polar surface area (TPSA) is 78.3 Å². The lowest BCUT2D eigenvalue weighted by Crippen LogP contribution is -2.18. The van der Waals surface area contributed by atoms with Gasteiger partial charge in [0.1, 0.15) is 6.61 Å². The molecule has 0 radical (unpaired) electrons. The van der Waals surface area contributed by atoms with Crippen LogP contribution in [-0.4, -0.2) is 33.9 Å². The number of ether oxygens (including phenoxy) is 2. The van der Waals surface area contributed by atoms with Crippen molar-refractivity contribution in [2.45, 2.75) is 27.4 Å². The summed E-state index contributed by atoms with van der Waals surface area (Å²) < 4.78 is 13.1. The molecular weight excluding hydrogens is 440 g/mol. The number of aromatic nitrogens is 3. The number of carbonyl (C=O) groups excluding carboxylic acids is 1. The van der Waals surface area contributed by atoms with Crippen LogP contribution in [0.5, 0.6) is 6.01 Å². The van der Waals surface area contributed by atoms with Crippen LogP contribution in [0, 0.1) is 12.8 Å². The van der Waals surface area contributed by atoms with E-state index in [-0.39, 0.29) is 12.5 Å². The van der Waals surface area contributed by atoms with Gasteiger partial charge < -0.3 is 14.8 Å². The van der Waals surface area contributed by atoms with Gasteiger partial charge in [0.2, 0.25) is 5.91 Å². The maximum absolute atomic E-state index is 12.3. The zero-order valence-electron chi connectivity index (χ0n) is 20.3. The lowest BCUT2D eigenvalue weighted by Gasteiger charge is -2.09. The average molecular weight is 471 g/mol. The third-order valence-electron chi connectivity index (χ3n) is 5.18. The molecule has 0 spiro atoms. The molecule has 0 atom stereocenters. The van der Waals surface area contributed by atoms with Crippen LogP contribution in [0.1, 0.15) is 25.0 Å². The van der Waals surface area contributed by atoms with E-state index < -0.39 is 0 Å². The third-order valence-corrected chi connectivity index (χ3v) is 5.18. The second-order valence-corrected chi connectivity index (χ2v) is 8.77. The molecule has 1 amide bonds. The number of benzene rings is 3. The number of nitrogens with zero attached hydrogens (tertiary/aromatic N) is 3. The second-order valence-electron chi connectivity index (χ2n) is 8.77. The van der Waals surface area contributed by atoms with Crippen LogP contribution in [-0.2, 0) is 16.1 Å². The molecule has 0 aliphatic rings. The maximum Gasteiger partial charge on any atom is 0.336 e. The van der Waals surface area contributed by atoms with Gasteiger partial charge in [-0.3, -0.25) is 4.79 Å². The van der Waals surface area contributed by atoms with E-state index in [1.807, 2.05) is 85.8 Å². The molecule has 1 heterocycles. The highest BCUT2D eigenvalue weighted by Gasteiger charge is 2.15. The molecule has 0 bridgehead atoms. The molecule has 0 aliphatic carbocycles. The van der Waals surface area contributed by atoms with E-state index in [0.29, 0.717) is 36.7 Å². The fourth-order valence-corrected chi connectivity index (χ4v) is 3.38. The predicted molar refractivity (Wildman–Crippen MR) is 137 cm³/mol. The largest absolute Gasteiger partial charge is 0.462 e. The highest BCUT2D eigenvalue weighted by Crippen LogP contribution is 2.25. The van der Waals surface area contributed by atoms with E-state index in [9.17, 15) is 4.79 Å². The molecule has 0 saturated carbocycles. The molecule has 4 rings (SSSR count). The van der Waals surface area contributed by atoms with Gasteiger partial charge >= 0.3 is 6.01 Å². The first-order valence-corrected chi connectivity index (χ1v) is 11.7. The van der Waals surface area contributed by atoms with Crippen LogP contribution in [0.4, 0.5) is 5.69 Å². The summed E-state index contributed by atoms with van der Waals surface area (Å²) >= 11 is 0. The SMILES string of the molecule is Cc1ccc(-c2nc(OCC(C)C)nn2-c2ccc(NC(=O)COCc3ccccc3)cc2)cc1. The monoisotopic (exact) mass is 470 g/mol. The molecule has 35 heavy (non-hydrogen) atoms. The number of amides is 1. The molecular formula is C28H30N4O3. The zero-order valence-corrected chi connectivity index (χ0v) is 20.3. The van der Waals surface area contributed by atoms with E-state index in [1.54, 1.807) is 4.68 Å². The van der Waals surface area contributed by atoms with Gasteiger partial charge in [-0.25, -0.2) is 4.68 Å². The Kier molecular flexibility index (Phi) is 7.90. The van der Waals surface area contributed by atoms with Crippen molar-refractivity contribution in [2.24, 2.45) is 5.92 Å². The van der Waals surface area contributed by atoms with Crippen molar-refractivity contribution in [2.75, 3.05) is 18.5 Å². The minimum Gasteiger partial charge on any atom is -0.462 e. The lowest BCUT2D eigenvalue weighted by atomic mass is 10.1. The van der Waals surface area contributed by atoms with Gasteiger partial charge in [-0.1, -0.05) is 74.0 Å². The van der Waals surface area contributed by atoms with Crippen LogP contribution in [0.2, 0.25) is 0 Å². The normalized spacial score (nSPS) is 11.0. The van der Waals surface area contributed by atoms with Gasteiger partial charge in [0.05, 0.1) is 18.9 Å². The molecule has 1 aromatic heterocycles. The molecule has 0 fully saturated rings. The molecule has 0 saturated heterocycles. The highest BCUT2D eigenvalue weighted by atomic mass is 16.5. The molecule has 0 aliphatic heterocycles. The van der Waals surface area contributed by atoms with E-state index in [1.165, 1.54) is 5.56 Å². The maximum atomic E-state index is 12.3. The minimum absolute atomic E-state index is 0.0200. The Morgan fingerprint density at radius 3 is 2.37 bits per heavy atom. The lowest BCUT2D eigenvalue weighted by molar-refractivity contribution is -0.121. The first-order chi connectivity index (χ1) is 17.0. The van der Waals surface area contributed by atoms with Crippen molar-refractivity contribution in [3.8, 4) is 23.1 Å². The number of aryl methyl sites for hydroxylation is 1. The van der Waals surface area contributed by atoms with Crippen LogP contribution in [0.15, 0.2) is 78.9 Å². The van der Waals surface area contributed by atoms with Gasteiger partial charge in [0.25, 0.3) is 0 Å². The highest BCUT2D eigenvalue weighted by molar-refractivity contribution is 5.91. The van der Waals surface area contributed by atoms with Gasteiger partial charge in [-0.2, -0.15) is 4.98 Å². The van der Waals surface area contributed by atoms with E-state index in [4.69, 9.17) is 9.47 Å². The molecule has 7 nitrogen and oxygen atoms in total. The first-order valence-electron chi connectivity index (χ1n) is 11.7. The van der Waals surface area contributed by atoms with Crippen molar-refractivity contribution in [3.05, 3.63) is 90.0 Å². The Morgan fingerprint density at radius 1 is 0.971 bits per heavy atom.